The highest BCUT2D eigenvalue weighted by Gasteiger charge is 2.22. The van der Waals surface area contributed by atoms with Gasteiger partial charge < -0.3 is 15.2 Å². The standard InChI is InChI=1S/C26H25FN6O/c1-28-23-9-6-16(12-21(23)27)20-13-24(26(34)30-14-19-5-4-10-29-19)33(3)25(20)17-7-8-22-18(11-17)15-32(2)31-22/h6-9,11-13,15,19,29H,4-5,10,14H2,2-3H3,(H,30,34). The van der Waals surface area contributed by atoms with Gasteiger partial charge in [-0.1, -0.05) is 18.2 Å². The normalized spacial score (nSPS) is 15.5. The summed E-state index contributed by atoms with van der Waals surface area (Å²) in [5, 5.41) is 11.8. The van der Waals surface area contributed by atoms with Gasteiger partial charge in [0.1, 0.15) is 11.5 Å². The third-order valence-corrected chi connectivity index (χ3v) is 6.41. The number of carbonyl (C=O) groups is 1. The Hall–Kier alpha value is -3.96. The minimum absolute atomic E-state index is 0.0277. The van der Waals surface area contributed by atoms with Crippen molar-refractivity contribution in [3.8, 4) is 22.4 Å². The maximum Gasteiger partial charge on any atom is 0.267 e. The number of amides is 1. The Bertz CT molecular complexity index is 1440. The molecule has 2 aromatic carbocycles. The van der Waals surface area contributed by atoms with Gasteiger partial charge in [0.2, 0.25) is 5.69 Å². The van der Waals surface area contributed by atoms with Gasteiger partial charge in [0.15, 0.2) is 0 Å². The van der Waals surface area contributed by atoms with E-state index >= 15 is 0 Å². The summed E-state index contributed by atoms with van der Waals surface area (Å²) in [6.07, 6.45) is 4.09. The molecule has 1 fully saturated rings. The molecule has 2 N–H and O–H groups in total. The summed E-state index contributed by atoms with van der Waals surface area (Å²) in [7, 11) is 3.72. The SMILES string of the molecule is [C-]#[N+]c1ccc(-c2cc(C(=O)NCC3CCCN3)n(C)c2-c2ccc3nn(C)cc3c2)cc1F. The van der Waals surface area contributed by atoms with Crippen molar-refractivity contribution in [3.63, 3.8) is 0 Å². The molecule has 172 valence electrons. The second-order valence-electron chi connectivity index (χ2n) is 8.71. The van der Waals surface area contributed by atoms with Gasteiger partial charge in [-0.25, -0.2) is 9.24 Å². The molecule has 1 unspecified atom stereocenters. The average molecular weight is 457 g/mol. The second-order valence-corrected chi connectivity index (χ2v) is 8.71. The van der Waals surface area contributed by atoms with Gasteiger partial charge in [0.05, 0.1) is 17.8 Å². The quantitative estimate of drug-likeness (QED) is 0.437. The number of benzene rings is 2. The van der Waals surface area contributed by atoms with Crippen LogP contribution in [0.15, 0.2) is 48.7 Å². The molecule has 5 rings (SSSR count). The lowest BCUT2D eigenvalue weighted by Gasteiger charge is -2.13. The second kappa shape index (κ2) is 8.76. The zero-order valence-corrected chi connectivity index (χ0v) is 19.1. The van der Waals surface area contributed by atoms with Crippen molar-refractivity contribution in [2.24, 2.45) is 14.1 Å². The van der Waals surface area contributed by atoms with E-state index in [-0.39, 0.29) is 17.6 Å². The van der Waals surface area contributed by atoms with Crippen LogP contribution in [0.4, 0.5) is 10.1 Å². The molecule has 0 bridgehead atoms. The largest absolute Gasteiger partial charge is 0.349 e. The molecule has 34 heavy (non-hydrogen) atoms. The van der Waals surface area contributed by atoms with Gasteiger partial charge in [-0.05, 0) is 54.8 Å². The Morgan fingerprint density at radius 2 is 2.06 bits per heavy atom. The predicted molar refractivity (Wildman–Crippen MR) is 130 cm³/mol. The summed E-state index contributed by atoms with van der Waals surface area (Å²) in [4.78, 5) is 16.4. The maximum absolute atomic E-state index is 14.5. The van der Waals surface area contributed by atoms with Crippen LogP contribution in [0.5, 0.6) is 0 Å². The van der Waals surface area contributed by atoms with Gasteiger partial charge in [-0.2, -0.15) is 5.10 Å². The number of carbonyl (C=O) groups excluding carboxylic acids is 1. The van der Waals surface area contributed by atoms with Crippen molar-refractivity contribution in [2.75, 3.05) is 13.1 Å². The molecule has 1 amide bonds. The number of halogens is 1. The van der Waals surface area contributed by atoms with Crippen LogP contribution in [0.2, 0.25) is 0 Å². The van der Waals surface area contributed by atoms with E-state index in [4.69, 9.17) is 6.57 Å². The molecule has 1 atom stereocenters. The first kappa shape index (κ1) is 21.9. The van der Waals surface area contributed by atoms with Gasteiger partial charge in [0.25, 0.3) is 5.91 Å². The zero-order valence-electron chi connectivity index (χ0n) is 19.1. The van der Waals surface area contributed by atoms with Crippen molar-refractivity contribution in [1.82, 2.24) is 25.0 Å². The minimum Gasteiger partial charge on any atom is -0.349 e. The monoisotopic (exact) mass is 456 g/mol. The number of fused-ring (bicyclic) bond motifs is 1. The molecule has 7 nitrogen and oxygen atoms in total. The smallest absolute Gasteiger partial charge is 0.267 e. The molecule has 8 heteroatoms. The van der Waals surface area contributed by atoms with Gasteiger partial charge >= 0.3 is 0 Å². The van der Waals surface area contributed by atoms with E-state index in [9.17, 15) is 9.18 Å². The molecule has 0 saturated carbocycles. The number of hydrogen-bond donors (Lipinski definition) is 2. The first-order valence-corrected chi connectivity index (χ1v) is 11.3. The topological polar surface area (TPSA) is 68.2 Å². The number of aromatic nitrogens is 3. The molecular weight excluding hydrogens is 431 g/mol. The van der Waals surface area contributed by atoms with Crippen LogP contribution in [0.3, 0.4) is 0 Å². The van der Waals surface area contributed by atoms with E-state index in [1.165, 1.54) is 12.1 Å². The van der Waals surface area contributed by atoms with Crippen molar-refractivity contribution >= 4 is 22.5 Å². The third-order valence-electron chi connectivity index (χ3n) is 6.41. The Morgan fingerprint density at radius 3 is 2.79 bits per heavy atom. The fraction of sp³-hybridized carbons (Fsp3) is 0.269. The van der Waals surface area contributed by atoms with Crippen LogP contribution in [0.1, 0.15) is 23.3 Å². The summed E-state index contributed by atoms with van der Waals surface area (Å²) in [5.41, 5.74) is 4.36. The van der Waals surface area contributed by atoms with E-state index in [1.54, 1.807) is 16.8 Å². The van der Waals surface area contributed by atoms with Gasteiger partial charge in [-0.3, -0.25) is 9.48 Å². The molecule has 0 spiro atoms. The molecule has 2 aromatic heterocycles. The van der Waals surface area contributed by atoms with Crippen LogP contribution in [0, 0.1) is 12.4 Å². The maximum atomic E-state index is 14.5. The molecule has 1 aliphatic heterocycles. The Balaban J connectivity index is 1.60. The van der Waals surface area contributed by atoms with Crippen LogP contribution in [-0.4, -0.2) is 39.4 Å². The molecule has 0 aliphatic carbocycles. The highest BCUT2D eigenvalue weighted by atomic mass is 19.1. The van der Waals surface area contributed by atoms with Gasteiger partial charge in [0, 0.05) is 43.8 Å². The predicted octanol–water partition coefficient (Wildman–Crippen LogP) is 4.42. The number of aryl methyl sites for hydroxylation is 1. The third kappa shape index (κ3) is 3.95. The fourth-order valence-corrected chi connectivity index (χ4v) is 4.69. The van der Waals surface area contributed by atoms with E-state index in [0.717, 1.165) is 47.1 Å². The minimum atomic E-state index is -0.580. The van der Waals surface area contributed by atoms with Crippen molar-refractivity contribution in [1.29, 1.82) is 0 Å². The van der Waals surface area contributed by atoms with Crippen LogP contribution in [0.25, 0.3) is 38.1 Å². The van der Waals surface area contributed by atoms with Crippen molar-refractivity contribution < 1.29 is 9.18 Å². The van der Waals surface area contributed by atoms with E-state index in [1.807, 2.05) is 43.1 Å². The molecular formula is C26H25FN6O. The van der Waals surface area contributed by atoms with E-state index in [2.05, 4.69) is 20.6 Å². The summed E-state index contributed by atoms with van der Waals surface area (Å²) in [5.74, 6) is -0.757. The summed E-state index contributed by atoms with van der Waals surface area (Å²) < 4.78 is 18.1. The lowest BCUT2D eigenvalue weighted by Crippen LogP contribution is -2.37. The first-order chi connectivity index (χ1) is 16.4. The van der Waals surface area contributed by atoms with Crippen LogP contribution >= 0.6 is 0 Å². The van der Waals surface area contributed by atoms with E-state index in [0.29, 0.717) is 17.8 Å². The summed E-state index contributed by atoms with van der Waals surface area (Å²) >= 11 is 0. The number of nitrogens with one attached hydrogen (secondary N) is 2. The molecule has 3 heterocycles. The number of hydrogen-bond acceptors (Lipinski definition) is 3. The number of rotatable bonds is 5. The van der Waals surface area contributed by atoms with Crippen LogP contribution in [-0.2, 0) is 14.1 Å². The van der Waals surface area contributed by atoms with Crippen LogP contribution < -0.4 is 10.6 Å². The molecule has 1 saturated heterocycles. The van der Waals surface area contributed by atoms with Crippen molar-refractivity contribution in [3.05, 3.63) is 71.6 Å². The number of nitrogens with zero attached hydrogens (tertiary/aromatic N) is 4. The first-order valence-electron chi connectivity index (χ1n) is 11.3. The molecule has 0 radical (unpaired) electrons. The zero-order chi connectivity index (χ0) is 23.8. The highest BCUT2D eigenvalue weighted by molar-refractivity contribution is 5.98. The van der Waals surface area contributed by atoms with Crippen molar-refractivity contribution in [2.45, 2.75) is 18.9 Å². The lowest BCUT2D eigenvalue weighted by atomic mass is 10.00. The molecule has 1 aliphatic rings. The highest BCUT2D eigenvalue weighted by Crippen LogP contribution is 2.37. The Labute approximate surface area is 197 Å². The Morgan fingerprint density at radius 1 is 1.24 bits per heavy atom. The summed E-state index contributed by atoms with van der Waals surface area (Å²) in [6, 6.07) is 12.6. The van der Waals surface area contributed by atoms with Gasteiger partial charge in [-0.15, -0.1) is 0 Å². The summed E-state index contributed by atoms with van der Waals surface area (Å²) in [6.45, 7) is 8.68. The molecule has 4 aromatic rings. The van der Waals surface area contributed by atoms with E-state index < -0.39 is 5.82 Å². The average Bonchev–Trinajstić information content (AvgIpc) is 3.55. The Kier molecular flexibility index (Phi) is 5.64. The lowest BCUT2D eigenvalue weighted by molar-refractivity contribution is 0.0942. The fourth-order valence-electron chi connectivity index (χ4n) is 4.69.